The highest BCUT2D eigenvalue weighted by atomic mass is 32.1. The summed E-state index contributed by atoms with van der Waals surface area (Å²) in [7, 11) is 1.70. The Kier molecular flexibility index (Phi) is 4.14. The number of rotatable bonds is 4. The fourth-order valence-electron chi connectivity index (χ4n) is 2.92. The lowest BCUT2D eigenvalue weighted by atomic mass is 10.2. The van der Waals surface area contributed by atoms with E-state index in [1.807, 2.05) is 53.9 Å². The van der Waals surface area contributed by atoms with Gasteiger partial charge >= 0.3 is 5.69 Å². The van der Waals surface area contributed by atoms with Gasteiger partial charge in [-0.3, -0.25) is 13.9 Å². The van der Waals surface area contributed by atoms with Crippen molar-refractivity contribution in [2.75, 3.05) is 5.32 Å². The van der Waals surface area contributed by atoms with Crippen LogP contribution in [-0.4, -0.2) is 20.0 Å². The zero-order valence-corrected chi connectivity index (χ0v) is 14.9. The first-order valence-electron chi connectivity index (χ1n) is 8.07. The molecule has 1 N–H and O–H groups in total. The van der Waals surface area contributed by atoms with Crippen LogP contribution >= 0.6 is 11.3 Å². The fraction of sp³-hybridized carbons (Fsp3) is 0.105. The quantitative estimate of drug-likeness (QED) is 0.605. The van der Waals surface area contributed by atoms with E-state index >= 15 is 0 Å². The first-order valence-corrected chi connectivity index (χ1v) is 8.95. The molecule has 2 aromatic carbocycles. The number of hydrogen-bond acceptors (Lipinski definition) is 4. The normalized spacial score (nSPS) is 11.0. The summed E-state index contributed by atoms with van der Waals surface area (Å²) in [5.74, 6) is -0.245. The van der Waals surface area contributed by atoms with Crippen LogP contribution in [0.5, 0.6) is 0 Å². The number of nitrogens with one attached hydrogen (secondary N) is 1. The molecule has 0 aliphatic carbocycles. The fourth-order valence-corrected chi connectivity index (χ4v) is 3.57. The molecule has 0 unspecified atom stereocenters. The number of aromatic nitrogens is 3. The minimum atomic E-state index is -0.245. The van der Waals surface area contributed by atoms with Gasteiger partial charge in [0.15, 0.2) is 0 Å². The summed E-state index contributed by atoms with van der Waals surface area (Å²) < 4.78 is 3.03. The van der Waals surface area contributed by atoms with Crippen molar-refractivity contribution in [2.45, 2.75) is 6.54 Å². The summed E-state index contributed by atoms with van der Waals surface area (Å²) in [6.45, 7) is -0.0333. The number of imidazole rings is 1. The number of carbonyl (C=O) groups is 1. The SMILES string of the molecule is Cn1c(=O)n(CC(=O)Nc2ccc(-c3nccs3)cc2)c2ccccc21. The standard InChI is InChI=1S/C19H16N4O2S/c1-22-15-4-2-3-5-16(15)23(19(22)25)12-17(24)21-14-8-6-13(7-9-14)18-20-10-11-26-18/h2-11H,12H2,1H3,(H,21,24). The Labute approximate surface area is 153 Å². The maximum absolute atomic E-state index is 12.4. The van der Waals surface area contributed by atoms with Gasteiger partial charge < -0.3 is 5.32 Å². The average Bonchev–Trinajstić information content (AvgIpc) is 3.27. The van der Waals surface area contributed by atoms with Crippen LogP contribution in [0.15, 0.2) is 64.9 Å². The zero-order chi connectivity index (χ0) is 18.1. The van der Waals surface area contributed by atoms with Crippen molar-refractivity contribution in [1.29, 1.82) is 0 Å². The van der Waals surface area contributed by atoms with E-state index in [-0.39, 0.29) is 18.1 Å². The molecule has 0 aliphatic heterocycles. The molecule has 0 bridgehead atoms. The largest absolute Gasteiger partial charge is 0.329 e. The number of hydrogen-bond donors (Lipinski definition) is 1. The van der Waals surface area contributed by atoms with Gasteiger partial charge in [0.25, 0.3) is 0 Å². The third-order valence-electron chi connectivity index (χ3n) is 4.20. The van der Waals surface area contributed by atoms with Crippen molar-refractivity contribution in [3.8, 4) is 10.6 Å². The number of fused-ring (bicyclic) bond motifs is 1. The van der Waals surface area contributed by atoms with Crippen LogP contribution in [0.2, 0.25) is 0 Å². The number of carbonyl (C=O) groups excluding carboxylic acids is 1. The van der Waals surface area contributed by atoms with Crippen LogP contribution in [0.4, 0.5) is 5.69 Å². The molecule has 1 amide bonds. The van der Waals surface area contributed by atoms with E-state index in [1.165, 1.54) is 4.57 Å². The maximum Gasteiger partial charge on any atom is 0.329 e. The second-order valence-electron chi connectivity index (χ2n) is 5.88. The Morgan fingerprint density at radius 1 is 1.12 bits per heavy atom. The lowest BCUT2D eigenvalue weighted by Gasteiger charge is -2.07. The minimum Gasteiger partial charge on any atom is -0.325 e. The summed E-state index contributed by atoms with van der Waals surface area (Å²) >= 11 is 1.56. The Bertz CT molecular complexity index is 1120. The van der Waals surface area contributed by atoms with Crippen LogP contribution in [0, 0.1) is 0 Å². The Balaban J connectivity index is 1.53. The first-order chi connectivity index (χ1) is 12.6. The predicted molar refractivity (Wildman–Crippen MR) is 103 cm³/mol. The number of nitrogens with zero attached hydrogens (tertiary/aromatic N) is 3. The van der Waals surface area contributed by atoms with Gasteiger partial charge in [-0.2, -0.15) is 0 Å². The zero-order valence-electron chi connectivity index (χ0n) is 14.0. The van der Waals surface area contributed by atoms with Crippen molar-refractivity contribution in [2.24, 2.45) is 7.05 Å². The third-order valence-corrected chi connectivity index (χ3v) is 5.02. The van der Waals surface area contributed by atoms with E-state index in [0.717, 1.165) is 21.6 Å². The van der Waals surface area contributed by atoms with Gasteiger partial charge in [-0.25, -0.2) is 9.78 Å². The molecule has 0 aliphatic rings. The van der Waals surface area contributed by atoms with E-state index in [2.05, 4.69) is 10.3 Å². The molecule has 0 spiro atoms. The summed E-state index contributed by atoms with van der Waals surface area (Å²) in [6.07, 6.45) is 1.76. The number of anilines is 1. The molecule has 130 valence electrons. The van der Waals surface area contributed by atoms with Gasteiger partial charge in [-0.15, -0.1) is 11.3 Å². The van der Waals surface area contributed by atoms with E-state index in [1.54, 1.807) is 29.1 Å². The lowest BCUT2D eigenvalue weighted by Crippen LogP contribution is -2.28. The van der Waals surface area contributed by atoms with E-state index in [0.29, 0.717) is 5.69 Å². The molecule has 7 heteroatoms. The van der Waals surface area contributed by atoms with Crippen LogP contribution in [0.25, 0.3) is 21.6 Å². The second-order valence-corrected chi connectivity index (χ2v) is 6.77. The number of amides is 1. The van der Waals surface area contributed by atoms with Crippen LogP contribution < -0.4 is 11.0 Å². The highest BCUT2D eigenvalue weighted by Crippen LogP contribution is 2.23. The highest BCUT2D eigenvalue weighted by molar-refractivity contribution is 7.13. The van der Waals surface area contributed by atoms with E-state index in [4.69, 9.17) is 0 Å². The molecule has 6 nitrogen and oxygen atoms in total. The molecule has 0 saturated heterocycles. The summed E-state index contributed by atoms with van der Waals surface area (Å²) in [5.41, 5.74) is 3.03. The average molecular weight is 364 g/mol. The van der Waals surface area contributed by atoms with Crippen molar-refractivity contribution >= 4 is 34.0 Å². The Morgan fingerprint density at radius 2 is 1.85 bits per heavy atom. The highest BCUT2D eigenvalue weighted by Gasteiger charge is 2.13. The summed E-state index contributed by atoms with van der Waals surface area (Å²) in [6, 6.07) is 14.9. The Morgan fingerprint density at radius 3 is 2.54 bits per heavy atom. The van der Waals surface area contributed by atoms with Gasteiger partial charge in [-0.1, -0.05) is 12.1 Å². The molecule has 2 aromatic heterocycles. The van der Waals surface area contributed by atoms with Gasteiger partial charge in [0.1, 0.15) is 11.6 Å². The van der Waals surface area contributed by atoms with Crippen LogP contribution in [-0.2, 0) is 18.4 Å². The molecule has 26 heavy (non-hydrogen) atoms. The molecule has 4 aromatic rings. The molecule has 2 heterocycles. The van der Waals surface area contributed by atoms with Crippen molar-refractivity contribution < 1.29 is 4.79 Å². The van der Waals surface area contributed by atoms with Gasteiger partial charge in [-0.05, 0) is 36.4 Å². The summed E-state index contributed by atoms with van der Waals surface area (Å²) in [4.78, 5) is 29.1. The molecular formula is C19H16N4O2S. The molecular weight excluding hydrogens is 348 g/mol. The van der Waals surface area contributed by atoms with Gasteiger partial charge in [0.2, 0.25) is 5.91 Å². The molecule has 0 fully saturated rings. The number of aryl methyl sites for hydroxylation is 1. The van der Waals surface area contributed by atoms with Crippen molar-refractivity contribution in [3.63, 3.8) is 0 Å². The topological polar surface area (TPSA) is 68.9 Å². The van der Waals surface area contributed by atoms with Crippen molar-refractivity contribution in [1.82, 2.24) is 14.1 Å². The third kappa shape index (κ3) is 2.93. The number of benzene rings is 2. The van der Waals surface area contributed by atoms with Gasteiger partial charge in [0, 0.05) is 29.9 Å². The monoisotopic (exact) mass is 364 g/mol. The smallest absolute Gasteiger partial charge is 0.325 e. The lowest BCUT2D eigenvalue weighted by molar-refractivity contribution is -0.116. The summed E-state index contributed by atoms with van der Waals surface area (Å²) in [5, 5.41) is 5.70. The van der Waals surface area contributed by atoms with Gasteiger partial charge in [0.05, 0.1) is 11.0 Å². The number of thiazole rings is 1. The molecule has 0 atom stereocenters. The van der Waals surface area contributed by atoms with E-state index < -0.39 is 0 Å². The van der Waals surface area contributed by atoms with E-state index in [9.17, 15) is 9.59 Å². The predicted octanol–water partition coefficient (Wildman–Crippen LogP) is 3.10. The minimum absolute atomic E-state index is 0.0333. The van der Waals surface area contributed by atoms with Crippen LogP contribution in [0.1, 0.15) is 0 Å². The van der Waals surface area contributed by atoms with Crippen LogP contribution in [0.3, 0.4) is 0 Å². The molecule has 0 radical (unpaired) electrons. The first kappa shape index (κ1) is 16.3. The number of para-hydroxylation sites is 2. The second kappa shape index (κ2) is 6.61. The molecule has 0 saturated carbocycles. The molecule has 4 rings (SSSR count). The maximum atomic E-state index is 12.4. The Hall–Kier alpha value is -3.19. The van der Waals surface area contributed by atoms with Crippen molar-refractivity contribution in [3.05, 3.63) is 70.6 Å².